The fraction of sp³-hybridized carbons (Fsp3) is 0.786. The molecule has 2 heterocycles. The first kappa shape index (κ1) is 15.3. The molecule has 0 saturated carbocycles. The summed E-state index contributed by atoms with van der Waals surface area (Å²) in [5.41, 5.74) is 1.36. The summed E-state index contributed by atoms with van der Waals surface area (Å²) in [7, 11) is 1.99. The van der Waals surface area contributed by atoms with E-state index in [1.54, 1.807) is 0 Å². The monoisotopic (exact) mass is 299 g/mol. The van der Waals surface area contributed by atoms with Crippen LogP contribution >= 0.6 is 23.5 Å². The standard InChI is InChI=1S/C14H25N3S2/c1-3-6-15-13(14-11-18-7-8-19-14)5-4-12-9-16-17(2)10-12/h9-10,13-15H,3-8,11H2,1-2H3. The number of rotatable bonds is 7. The lowest BCUT2D eigenvalue weighted by Gasteiger charge is -2.30. The van der Waals surface area contributed by atoms with Crippen LogP contribution in [0.3, 0.4) is 0 Å². The quantitative estimate of drug-likeness (QED) is 0.838. The van der Waals surface area contributed by atoms with E-state index in [0.29, 0.717) is 6.04 Å². The van der Waals surface area contributed by atoms with Crippen molar-refractivity contribution in [2.24, 2.45) is 7.05 Å². The number of nitrogens with zero attached hydrogens (tertiary/aromatic N) is 2. The Morgan fingerprint density at radius 3 is 3.05 bits per heavy atom. The van der Waals surface area contributed by atoms with Gasteiger partial charge >= 0.3 is 0 Å². The van der Waals surface area contributed by atoms with Gasteiger partial charge < -0.3 is 5.32 Å². The average Bonchev–Trinajstić information content (AvgIpc) is 2.86. The molecule has 108 valence electrons. The Bertz CT molecular complexity index is 361. The van der Waals surface area contributed by atoms with Gasteiger partial charge in [-0.15, -0.1) is 0 Å². The first-order valence-electron chi connectivity index (χ1n) is 7.20. The number of aryl methyl sites for hydroxylation is 2. The van der Waals surface area contributed by atoms with Crippen molar-refractivity contribution in [2.75, 3.05) is 23.8 Å². The minimum atomic E-state index is 0.651. The molecule has 1 aliphatic rings. The molecule has 0 bridgehead atoms. The highest BCUT2D eigenvalue weighted by molar-refractivity contribution is 8.06. The van der Waals surface area contributed by atoms with Crippen molar-refractivity contribution < 1.29 is 0 Å². The molecule has 0 spiro atoms. The van der Waals surface area contributed by atoms with E-state index < -0.39 is 0 Å². The third kappa shape index (κ3) is 5.04. The molecule has 1 saturated heterocycles. The molecule has 0 amide bonds. The minimum Gasteiger partial charge on any atom is -0.313 e. The lowest BCUT2D eigenvalue weighted by Crippen LogP contribution is -2.41. The molecule has 1 aliphatic heterocycles. The Kier molecular flexibility index (Phi) is 6.61. The zero-order valence-electron chi connectivity index (χ0n) is 12.0. The van der Waals surface area contributed by atoms with Gasteiger partial charge in [0.1, 0.15) is 0 Å². The van der Waals surface area contributed by atoms with Gasteiger partial charge in [0.2, 0.25) is 0 Å². The zero-order chi connectivity index (χ0) is 13.5. The Morgan fingerprint density at radius 1 is 1.53 bits per heavy atom. The van der Waals surface area contributed by atoms with Crippen LogP contribution in [0, 0.1) is 0 Å². The summed E-state index contributed by atoms with van der Waals surface area (Å²) < 4.78 is 1.90. The van der Waals surface area contributed by atoms with E-state index in [1.165, 1.54) is 35.7 Å². The van der Waals surface area contributed by atoms with Crippen molar-refractivity contribution in [1.82, 2.24) is 15.1 Å². The molecule has 0 aliphatic carbocycles. The molecule has 1 fully saturated rings. The van der Waals surface area contributed by atoms with E-state index in [4.69, 9.17) is 0 Å². The van der Waals surface area contributed by atoms with Crippen LogP contribution in [0.1, 0.15) is 25.3 Å². The van der Waals surface area contributed by atoms with Crippen molar-refractivity contribution in [3.63, 3.8) is 0 Å². The minimum absolute atomic E-state index is 0.651. The number of hydrogen-bond acceptors (Lipinski definition) is 4. The maximum atomic E-state index is 4.26. The van der Waals surface area contributed by atoms with E-state index in [2.05, 4.69) is 47.1 Å². The number of thioether (sulfide) groups is 2. The third-order valence-electron chi connectivity index (χ3n) is 3.45. The first-order valence-corrected chi connectivity index (χ1v) is 9.40. The molecule has 2 atom stereocenters. The fourth-order valence-electron chi connectivity index (χ4n) is 2.41. The molecular formula is C14H25N3S2. The van der Waals surface area contributed by atoms with Crippen molar-refractivity contribution in [3.05, 3.63) is 18.0 Å². The van der Waals surface area contributed by atoms with Gasteiger partial charge in [0, 0.05) is 41.8 Å². The van der Waals surface area contributed by atoms with Crippen LogP contribution in [0.5, 0.6) is 0 Å². The molecule has 0 aromatic carbocycles. The maximum Gasteiger partial charge on any atom is 0.0521 e. The SMILES string of the molecule is CCCNC(CCc1cnn(C)c1)C1CSCCS1. The molecule has 5 heteroatoms. The fourth-order valence-corrected chi connectivity index (χ4v) is 5.34. The van der Waals surface area contributed by atoms with Crippen LogP contribution in [0.2, 0.25) is 0 Å². The molecular weight excluding hydrogens is 274 g/mol. The van der Waals surface area contributed by atoms with E-state index in [9.17, 15) is 0 Å². The van der Waals surface area contributed by atoms with Crippen molar-refractivity contribution in [1.29, 1.82) is 0 Å². The first-order chi connectivity index (χ1) is 9.29. The highest BCUT2D eigenvalue weighted by Crippen LogP contribution is 2.28. The van der Waals surface area contributed by atoms with Crippen molar-refractivity contribution in [2.45, 2.75) is 37.5 Å². The largest absolute Gasteiger partial charge is 0.313 e. The van der Waals surface area contributed by atoms with Gasteiger partial charge in [-0.1, -0.05) is 6.92 Å². The Hall–Kier alpha value is -0.130. The van der Waals surface area contributed by atoms with E-state index in [1.807, 2.05) is 17.9 Å². The number of nitrogens with one attached hydrogen (secondary N) is 1. The molecule has 2 rings (SSSR count). The maximum absolute atomic E-state index is 4.26. The predicted molar refractivity (Wildman–Crippen MR) is 87.2 cm³/mol. The Morgan fingerprint density at radius 2 is 2.42 bits per heavy atom. The van der Waals surface area contributed by atoms with E-state index in [0.717, 1.165) is 18.2 Å². The summed E-state index contributed by atoms with van der Waals surface area (Å²) in [5.74, 6) is 3.94. The van der Waals surface area contributed by atoms with Crippen LogP contribution < -0.4 is 5.32 Å². The van der Waals surface area contributed by atoms with Crippen LogP contribution in [0.4, 0.5) is 0 Å². The summed E-state index contributed by atoms with van der Waals surface area (Å²) in [4.78, 5) is 0. The van der Waals surface area contributed by atoms with Gasteiger partial charge in [0.15, 0.2) is 0 Å². The van der Waals surface area contributed by atoms with Crippen molar-refractivity contribution >= 4 is 23.5 Å². The summed E-state index contributed by atoms with van der Waals surface area (Å²) in [5, 5.41) is 8.79. The second-order valence-corrected chi connectivity index (χ2v) is 7.60. The molecule has 1 N–H and O–H groups in total. The third-order valence-corrected chi connectivity index (χ3v) is 6.37. The normalized spacial score (nSPS) is 21.5. The smallest absolute Gasteiger partial charge is 0.0521 e. The molecule has 1 aromatic rings. The van der Waals surface area contributed by atoms with Crippen LogP contribution in [0.25, 0.3) is 0 Å². The Balaban J connectivity index is 1.85. The highest BCUT2D eigenvalue weighted by Gasteiger charge is 2.23. The van der Waals surface area contributed by atoms with Gasteiger partial charge in [0.25, 0.3) is 0 Å². The van der Waals surface area contributed by atoms with Crippen molar-refractivity contribution in [3.8, 4) is 0 Å². The van der Waals surface area contributed by atoms with E-state index >= 15 is 0 Å². The molecule has 0 radical (unpaired) electrons. The Labute approximate surface area is 125 Å². The summed E-state index contributed by atoms with van der Waals surface area (Å²) >= 11 is 4.27. The van der Waals surface area contributed by atoms with Crippen LogP contribution in [-0.2, 0) is 13.5 Å². The highest BCUT2D eigenvalue weighted by atomic mass is 32.2. The second-order valence-electron chi connectivity index (χ2n) is 5.11. The summed E-state index contributed by atoms with van der Waals surface area (Å²) in [6.07, 6.45) is 7.72. The number of hydrogen-bond donors (Lipinski definition) is 1. The number of aromatic nitrogens is 2. The molecule has 2 unspecified atom stereocenters. The average molecular weight is 300 g/mol. The summed E-state index contributed by atoms with van der Waals surface area (Å²) in [6, 6.07) is 0.651. The lowest BCUT2D eigenvalue weighted by atomic mass is 10.1. The van der Waals surface area contributed by atoms with Gasteiger partial charge in [-0.2, -0.15) is 28.6 Å². The summed E-state index contributed by atoms with van der Waals surface area (Å²) in [6.45, 7) is 3.38. The van der Waals surface area contributed by atoms with Gasteiger partial charge in [0.05, 0.1) is 6.20 Å². The molecule has 1 aromatic heterocycles. The van der Waals surface area contributed by atoms with Crippen LogP contribution in [-0.4, -0.2) is 44.9 Å². The predicted octanol–water partition coefficient (Wildman–Crippen LogP) is 2.57. The van der Waals surface area contributed by atoms with Crippen LogP contribution in [0.15, 0.2) is 12.4 Å². The molecule has 19 heavy (non-hydrogen) atoms. The molecule has 3 nitrogen and oxygen atoms in total. The zero-order valence-corrected chi connectivity index (χ0v) is 13.6. The van der Waals surface area contributed by atoms with Gasteiger partial charge in [-0.25, -0.2) is 0 Å². The second kappa shape index (κ2) is 8.22. The topological polar surface area (TPSA) is 29.9 Å². The lowest BCUT2D eigenvalue weighted by molar-refractivity contribution is 0.479. The van der Waals surface area contributed by atoms with Gasteiger partial charge in [-0.05, 0) is 31.4 Å². The van der Waals surface area contributed by atoms with Gasteiger partial charge in [-0.3, -0.25) is 4.68 Å². The van der Waals surface area contributed by atoms with E-state index in [-0.39, 0.29) is 0 Å².